The molecule has 0 unspecified atom stereocenters. The number of halogens is 2. The molecule has 5 heteroatoms. The summed E-state index contributed by atoms with van der Waals surface area (Å²) in [5.41, 5.74) is 2.80. The van der Waals surface area contributed by atoms with Gasteiger partial charge in [0.1, 0.15) is 5.75 Å². The van der Waals surface area contributed by atoms with E-state index in [9.17, 15) is 9.18 Å². The second-order valence-electron chi connectivity index (χ2n) is 9.01. The average Bonchev–Trinajstić information content (AvgIpc) is 2.89. The van der Waals surface area contributed by atoms with Crippen LogP contribution in [0, 0.1) is 11.6 Å². The van der Waals surface area contributed by atoms with E-state index in [1.54, 1.807) is 19.1 Å². The lowest BCUT2D eigenvalue weighted by molar-refractivity contribution is 0.0728. The molecule has 0 N–H and O–H groups in total. The van der Waals surface area contributed by atoms with E-state index in [1.165, 1.54) is 11.6 Å². The van der Waals surface area contributed by atoms with Crippen LogP contribution in [0.4, 0.5) is 8.78 Å². The maximum Gasteiger partial charge on any atom is 0.346 e. The lowest BCUT2D eigenvalue weighted by atomic mass is 9.98. The van der Waals surface area contributed by atoms with Crippen LogP contribution in [0.5, 0.6) is 11.5 Å². The van der Waals surface area contributed by atoms with Crippen LogP contribution in [0.1, 0.15) is 80.8 Å². The molecule has 0 saturated carbocycles. The van der Waals surface area contributed by atoms with Crippen LogP contribution in [-0.4, -0.2) is 12.6 Å². The van der Waals surface area contributed by atoms with Crippen LogP contribution in [0.2, 0.25) is 0 Å². The molecule has 3 rings (SSSR count). The third-order valence-electron chi connectivity index (χ3n) is 6.21. The van der Waals surface area contributed by atoms with Gasteiger partial charge in [-0.25, -0.2) is 9.18 Å². The zero-order valence-corrected chi connectivity index (χ0v) is 21.5. The highest BCUT2D eigenvalue weighted by Gasteiger charge is 2.25. The lowest BCUT2D eigenvalue weighted by Gasteiger charge is -2.15. The highest BCUT2D eigenvalue weighted by molar-refractivity contribution is 5.94. The molecule has 0 fully saturated rings. The minimum Gasteiger partial charge on any atom is -0.490 e. The molecule has 0 aliphatic heterocycles. The molecule has 3 aromatic carbocycles. The molecule has 0 heterocycles. The number of rotatable bonds is 13. The van der Waals surface area contributed by atoms with Gasteiger partial charge in [0.2, 0.25) is 5.82 Å². The smallest absolute Gasteiger partial charge is 0.346 e. The van der Waals surface area contributed by atoms with Gasteiger partial charge in [-0.05, 0) is 67.5 Å². The van der Waals surface area contributed by atoms with Crippen molar-refractivity contribution >= 4 is 5.97 Å². The van der Waals surface area contributed by atoms with E-state index in [1.807, 2.05) is 36.4 Å². The molecule has 0 spiro atoms. The molecule has 3 nitrogen and oxygen atoms in total. The SMILES string of the molecule is CCCCCc1ccc(OC(=O)c2cc(-c3ccc(CCCCC)cc3)c(OCC)c(F)c2F)cc1. The van der Waals surface area contributed by atoms with Crippen molar-refractivity contribution in [3.8, 4) is 22.6 Å². The van der Waals surface area contributed by atoms with Crippen molar-refractivity contribution in [3.63, 3.8) is 0 Å². The van der Waals surface area contributed by atoms with E-state index in [4.69, 9.17) is 9.47 Å². The zero-order chi connectivity index (χ0) is 25.9. The summed E-state index contributed by atoms with van der Waals surface area (Å²) in [6.45, 7) is 6.17. The summed E-state index contributed by atoms with van der Waals surface area (Å²) >= 11 is 0. The number of carbonyl (C=O) groups is 1. The summed E-state index contributed by atoms with van der Waals surface area (Å²) < 4.78 is 40.9. The number of aryl methyl sites for hydroxylation is 2. The Bertz CT molecular complexity index is 1120. The van der Waals surface area contributed by atoms with Crippen LogP contribution in [0.3, 0.4) is 0 Å². The number of hydrogen-bond acceptors (Lipinski definition) is 3. The maximum atomic E-state index is 15.1. The first-order chi connectivity index (χ1) is 17.5. The molecule has 0 saturated heterocycles. The highest BCUT2D eigenvalue weighted by Crippen LogP contribution is 2.36. The largest absolute Gasteiger partial charge is 0.490 e. The molecule has 0 amide bonds. The van der Waals surface area contributed by atoms with E-state index >= 15 is 4.39 Å². The van der Waals surface area contributed by atoms with Gasteiger partial charge in [-0.1, -0.05) is 75.9 Å². The van der Waals surface area contributed by atoms with Gasteiger partial charge in [-0.15, -0.1) is 0 Å². The molecular formula is C31H36F2O3. The Hall–Kier alpha value is -3.21. The maximum absolute atomic E-state index is 15.1. The predicted octanol–water partition coefficient (Wildman–Crippen LogP) is 8.72. The monoisotopic (exact) mass is 494 g/mol. The van der Waals surface area contributed by atoms with Crippen molar-refractivity contribution in [2.45, 2.75) is 72.1 Å². The van der Waals surface area contributed by atoms with Gasteiger partial charge >= 0.3 is 5.97 Å². The van der Waals surface area contributed by atoms with Gasteiger partial charge in [0, 0.05) is 5.56 Å². The number of hydrogen-bond donors (Lipinski definition) is 0. The third kappa shape index (κ3) is 7.16. The van der Waals surface area contributed by atoms with Crippen molar-refractivity contribution in [3.05, 3.63) is 82.9 Å². The van der Waals surface area contributed by atoms with E-state index in [2.05, 4.69) is 13.8 Å². The van der Waals surface area contributed by atoms with Gasteiger partial charge < -0.3 is 9.47 Å². The Morgan fingerprint density at radius 3 is 1.83 bits per heavy atom. The Labute approximate surface area is 213 Å². The number of unbranched alkanes of at least 4 members (excludes halogenated alkanes) is 4. The first-order valence-corrected chi connectivity index (χ1v) is 13.0. The predicted molar refractivity (Wildman–Crippen MR) is 141 cm³/mol. The minimum atomic E-state index is -1.28. The number of benzene rings is 3. The molecular weight excluding hydrogens is 458 g/mol. The van der Waals surface area contributed by atoms with Crippen LogP contribution in [0.15, 0.2) is 54.6 Å². The van der Waals surface area contributed by atoms with Gasteiger partial charge in [-0.2, -0.15) is 4.39 Å². The second kappa shape index (κ2) is 13.8. The fraction of sp³-hybridized carbons (Fsp3) is 0.387. The fourth-order valence-electron chi connectivity index (χ4n) is 4.15. The van der Waals surface area contributed by atoms with Gasteiger partial charge in [0.25, 0.3) is 0 Å². The summed E-state index contributed by atoms with van der Waals surface area (Å²) in [4.78, 5) is 12.9. The Balaban J connectivity index is 1.85. The fourth-order valence-corrected chi connectivity index (χ4v) is 4.15. The lowest BCUT2D eigenvalue weighted by Crippen LogP contribution is -2.13. The summed E-state index contributed by atoms with van der Waals surface area (Å²) in [6.07, 6.45) is 8.70. The van der Waals surface area contributed by atoms with Crippen LogP contribution in [-0.2, 0) is 12.8 Å². The Morgan fingerprint density at radius 1 is 0.750 bits per heavy atom. The number of carbonyl (C=O) groups excluding carboxylic acids is 1. The Kier molecular flexibility index (Phi) is 10.5. The van der Waals surface area contributed by atoms with Gasteiger partial charge in [0.15, 0.2) is 11.6 Å². The topological polar surface area (TPSA) is 35.5 Å². The molecule has 192 valence electrons. The van der Waals surface area contributed by atoms with E-state index in [0.29, 0.717) is 11.1 Å². The van der Waals surface area contributed by atoms with Crippen molar-refractivity contribution in [1.82, 2.24) is 0 Å². The summed E-state index contributed by atoms with van der Waals surface area (Å²) in [6, 6.07) is 16.1. The van der Waals surface area contributed by atoms with E-state index in [-0.39, 0.29) is 18.1 Å². The molecule has 3 aromatic rings. The number of esters is 1. The summed E-state index contributed by atoms with van der Waals surface area (Å²) in [5, 5.41) is 0. The van der Waals surface area contributed by atoms with Crippen LogP contribution < -0.4 is 9.47 Å². The van der Waals surface area contributed by atoms with Crippen molar-refractivity contribution in [1.29, 1.82) is 0 Å². The molecule has 0 aliphatic rings. The first-order valence-electron chi connectivity index (χ1n) is 13.0. The Morgan fingerprint density at radius 2 is 1.31 bits per heavy atom. The normalized spacial score (nSPS) is 10.9. The molecule has 0 atom stereocenters. The highest BCUT2D eigenvalue weighted by atomic mass is 19.2. The first kappa shape index (κ1) is 27.4. The third-order valence-corrected chi connectivity index (χ3v) is 6.21. The molecule has 0 bridgehead atoms. The number of ether oxygens (including phenoxy) is 2. The van der Waals surface area contributed by atoms with Crippen molar-refractivity contribution < 1.29 is 23.0 Å². The summed E-state index contributed by atoms with van der Waals surface area (Å²) in [5.74, 6) is -3.35. The molecule has 0 aromatic heterocycles. The van der Waals surface area contributed by atoms with Crippen LogP contribution >= 0.6 is 0 Å². The van der Waals surface area contributed by atoms with Crippen molar-refractivity contribution in [2.75, 3.05) is 6.61 Å². The average molecular weight is 495 g/mol. The molecule has 36 heavy (non-hydrogen) atoms. The van der Waals surface area contributed by atoms with E-state index in [0.717, 1.165) is 56.9 Å². The second-order valence-corrected chi connectivity index (χ2v) is 9.01. The zero-order valence-electron chi connectivity index (χ0n) is 21.5. The standard InChI is InChI=1S/C31H36F2O3/c1-4-7-9-11-22-13-17-24(18-14-22)26-21-27(28(32)29(33)30(26)35-6-3)31(34)36-25-19-15-23(16-20-25)12-10-8-5-2/h13-21H,4-12H2,1-3H3. The van der Waals surface area contributed by atoms with Gasteiger partial charge in [-0.3, -0.25) is 0 Å². The van der Waals surface area contributed by atoms with Crippen LogP contribution in [0.25, 0.3) is 11.1 Å². The molecule has 0 aliphatic carbocycles. The van der Waals surface area contributed by atoms with Gasteiger partial charge in [0.05, 0.1) is 12.2 Å². The quantitative estimate of drug-likeness (QED) is 0.135. The van der Waals surface area contributed by atoms with Crippen molar-refractivity contribution in [2.24, 2.45) is 0 Å². The molecule has 0 radical (unpaired) electrons. The van der Waals surface area contributed by atoms with E-state index < -0.39 is 23.2 Å². The minimum absolute atomic E-state index is 0.160. The summed E-state index contributed by atoms with van der Waals surface area (Å²) in [7, 11) is 0.